The van der Waals surface area contributed by atoms with Crippen molar-refractivity contribution in [3.8, 4) is 5.75 Å². The van der Waals surface area contributed by atoms with Gasteiger partial charge in [0.25, 0.3) is 0 Å². The maximum absolute atomic E-state index is 12.8. The van der Waals surface area contributed by atoms with Gasteiger partial charge in [0.2, 0.25) is 0 Å². The Bertz CT molecular complexity index is 592. The number of aliphatic hydroxyl groups excluding tert-OH is 1. The quantitative estimate of drug-likeness (QED) is 0.921. The highest BCUT2D eigenvalue weighted by atomic mass is 19.1. The summed E-state index contributed by atoms with van der Waals surface area (Å²) in [6.45, 7) is 0.410. The lowest BCUT2D eigenvalue weighted by molar-refractivity contribution is 0.155. The second kappa shape index (κ2) is 5.63. The van der Waals surface area contributed by atoms with Crippen molar-refractivity contribution < 1.29 is 14.2 Å². The van der Waals surface area contributed by atoms with E-state index in [1.165, 1.54) is 12.1 Å². The highest BCUT2D eigenvalue weighted by Gasteiger charge is 2.20. The van der Waals surface area contributed by atoms with Gasteiger partial charge in [-0.25, -0.2) is 4.39 Å². The van der Waals surface area contributed by atoms with Crippen LogP contribution in [0.5, 0.6) is 5.75 Å². The molecule has 0 saturated carbocycles. The Balaban J connectivity index is 1.78. The minimum atomic E-state index is -0.381. The van der Waals surface area contributed by atoms with E-state index in [4.69, 9.17) is 4.74 Å². The lowest BCUT2D eigenvalue weighted by atomic mass is 9.89. The van der Waals surface area contributed by atoms with Crippen molar-refractivity contribution in [2.24, 2.45) is 0 Å². The van der Waals surface area contributed by atoms with Crippen LogP contribution in [0.15, 0.2) is 42.5 Å². The van der Waals surface area contributed by atoms with Crippen LogP contribution < -0.4 is 4.74 Å². The zero-order chi connectivity index (χ0) is 13.9. The predicted octanol–water partition coefficient (Wildman–Crippen LogP) is 3.77. The third kappa shape index (κ3) is 2.68. The summed E-state index contributed by atoms with van der Waals surface area (Å²) in [4.78, 5) is 0. The normalized spacial score (nSPS) is 17.6. The number of ether oxygens (including phenoxy) is 1. The number of aliphatic hydroxyl groups is 1. The van der Waals surface area contributed by atoms with Gasteiger partial charge in [-0.1, -0.05) is 24.3 Å². The zero-order valence-electron chi connectivity index (χ0n) is 11.2. The third-order valence-electron chi connectivity index (χ3n) is 3.74. The lowest BCUT2D eigenvalue weighted by Crippen LogP contribution is -2.11. The van der Waals surface area contributed by atoms with Crippen LogP contribution in [0.25, 0.3) is 0 Å². The van der Waals surface area contributed by atoms with Crippen molar-refractivity contribution in [3.63, 3.8) is 0 Å². The van der Waals surface area contributed by atoms with E-state index in [9.17, 15) is 9.50 Å². The van der Waals surface area contributed by atoms with Crippen LogP contribution in [0.4, 0.5) is 4.39 Å². The standard InChI is InChI=1S/C17H17FO2/c18-13-9-7-12(8-10-13)11-20-17-6-2-3-14-15(17)4-1-5-16(14)19/h2-3,6-10,16,19H,1,4-5,11H2. The molecular weight excluding hydrogens is 255 g/mol. The summed E-state index contributed by atoms with van der Waals surface area (Å²) >= 11 is 0. The van der Waals surface area contributed by atoms with Gasteiger partial charge in [0.15, 0.2) is 0 Å². The van der Waals surface area contributed by atoms with Gasteiger partial charge in [-0.05, 0) is 54.2 Å². The average Bonchev–Trinajstić information content (AvgIpc) is 2.47. The summed E-state index contributed by atoms with van der Waals surface area (Å²) in [6.07, 6.45) is 2.35. The van der Waals surface area contributed by atoms with Gasteiger partial charge in [-0.2, -0.15) is 0 Å². The van der Waals surface area contributed by atoms with Crippen LogP contribution in [0.3, 0.4) is 0 Å². The molecule has 2 nitrogen and oxygen atoms in total. The largest absolute Gasteiger partial charge is 0.489 e. The number of halogens is 1. The molecule has 3 heteroatoms. The summed E-state index contributed by atoms with van der Waals surface area (Å²) < 4.78 is 18.7. The molecule has 1 unspecified atom stereocenters. The molecule has 1 aliphatic carbocycles. The van der Waals surface area contributed by atoms with Crippen molar-refractivity contribution in [2.45, 2.75) is 32.0 Å². The van der Waals surface area contributed by atoms with Crippen LogP contribution in [0.2, 0.25) is 0 Å². The van der Waals surface area contributed by atoms with Crippen LogP contribution in [-0.4, -0.2) is 5.11 Å². The molecule has 1 N–H and O–H groups in total. The van der Waals surface area contributed by atoms with E-state index in [0.29, 0.717) is 6.61 Å². The Morgan fingerprint density at radius 1 is 1.15 bits per heavy atom. The van der Waals surface area contributed by atoms with Crippen molar-refractivity contribution >= 4 is 0 Å². The number of hydrogen-bond acceptors (Lipinski definition) is 2. The summed E-state index contributed by atoms with van der Waals surface area (Å²) in [5.74, 6) is 0.583. The maximum Gasteiger partial charge on any atom is 0.123 e. The van der Waals surface area contributed by atoms with Crippen LogP contribution in [-0.2, 0) is 13.0 Å². The van der Waals surface area contributed by atoms with E-state index >= 15 is 0 Å². The van der Waals surface area contributed by atoms with E-state index in [0.717, 1.165) is 41.7 Å². The summed E-state index contributed by atoms with van der Waals surface area (Å²) in [5.41, 5.74) is 3.02. The smallest absolute Gasteiger partial charge is 0.123 e. The van der Waals surface area contributed by atoms with E-state index < -0.39 is 0 Å². The van der Waals surface area contributed by atoms with Gasteiger partial charge in [-0.3, -0.25) is 0 Å². The molecule has 0 heterocycles. The van der Waals surface area contributed by atoms with Gasteiger partial charge in [-0.15, -0.1) is 0 Å². The molecule has 1 aliphatic rings. The fourth-order valence-electron chi connectivity index (χ4n) is 2.67. The number of benzene rings is 2. The average molecular weight is 272 g/mol. The Labute approximate surface area is 117 Å². The molecule has 0 aliphatic heterocycles. The highest BCUT2D eigenvalue weighted by Crippen LogP contribution is 2.35. The maximum atomic E-state index is 12.8. The summed E-state index contributed by atoms with van der Waals surface area (Å²) in [5, 5.41) is 10.0. The molecule has 0 amide bonds. The topological polar surface area (TPSA) is 29.5 Å². The van der Waals surface area contributed by atoms with Crippen molar-refractivity contribution in [3.05, 3.63) is 65.0 Å². The molecule has 0 aromatic heterocycles. The molecule has 0 bridgehead atoms. The molecule has 2 aromatic rings. The SMILES string of the molecule is OC1CCCc2c(OCc3ccc(F)cc3)cccc21. The Kier molecular flexibility index (Phi) is 3.70. The number of hydrogen-bond donors (Lipinski definition) is 1. The Hall–Kier alpha value is -1.87. The molecular formula is C17H17FO2. The third-order valence-corrected chi connectivity index (χ3v) is 3.74. The van der Waals surface area contributed by atoms with Crippen LogP contribution >= 0.6 is 0 Å². The first-order chi connectivity index (χ1) is 9.74. The number of rotatable bonds is 3. The van der Waals surface area contributed by atoms with E-state index in [-0.39, 0.29) is 11.9 Å². The molecule has 3 rings (SSSR count). The van der Waals surface area contributed by atoms with Gasteiger partial charge in [0, 0.05) is 0 Å². The van der Waals surface area contributed by atoms with Crippen molar-refractivity contribution in [1.29, 1.82) is 0 Å². The molecule has 0 spiro atoms. The van der Waals surface area contributed by atoms with Crippen molar-refractivity contribution in [2.75, 3.05) is 0 Å². The second-order valence-corrected chi connectivity index (χ2v) is 5.15. The van der Waals surface area contributed by atoms with Gasteiger partial charge in [0.1, 0.15) is 18.2 Å². The Morgan fingerprint density at radius 3 is 2.75 bits per heavy atom. The minimum Gasteiger partial charge on any atom is -0.489 e. The molecule has 0 fully saturated rings. The first kappa shape index (κ1) is 13.1. The van der Waals surface area contributed by atoms with Gasteiger partial charge < -0.3 is 9.84 Å². The van der Waals surface area contributed by atoms with E-state index in [2.05, 4.69) is 0 Å². The van der Waals surface area contributed by atoms with Crippen LogP contribution in [0, 0.1) is 5.82 Å². The molecule has 104 valence electrons. The minimum absolute atomic E-state index is 0.242. The lowest BCUT2D eigenvalue weighted by Gasteiger charge is -2.23. The van der Waals surface area contributed by atoms with E-state index in [1.54, 1.807) is 12.1 Å². The molecule has 0 saturated heterocycles. The fraction of sp³-hybridized carbons (Fsp3) is 0.294. The summed E-state index contributed by atoms with van der Waals surface area (Å²) in [7, 11) is 0. The zero-order valence-corrected chi connectivity index (χ0v) is 11.2. The van der Waals surface area contributed by atoms with Crippen LogP contribution in [0.1, 0.15) is 35.6 Å². The highest BCUT2D eigenvalue weighted by molar-refractivity contribution is 5.43. The predicted molar refractivity (Wildman–Crippen MR) is 75.1 cm³/mol. The Morgan fingerprint density at radius 2 is 1.95 bits per heavy atom. The molecule has 0 radical (unpaired) electrons. The fourth-order valence-corrected chi connectivity index (χ4v) is 2.67. The first-order valence-corrected chi connectivity index (χ1v) is 6.91. The van der Waals surface area contributed by atoms with E-state index in [1.807, 2.05) is 18.2 Å². The second-order valence-electron chi connectivity index (χ2n) is 5.15. The number of fused-ring (bicyclic) bond motifs is 1. The molecule has 2 aromatic carbocycles. The van der Waals surface area contributed by atoms with Gasteiger partial charge in [0.05, 0.1) is 6.10 Å². The monoisotopic (exact) mass is 272 g/mol. The summed E-state index contributed by atoms with van der Waals surface area (Å²) in [6, 6.07) is 12.1. The first-order valence-electron chi connectivity index (χ1n) is 6.91. The molecule has 1 atom stereocenters. The van der Waals surface area contributed by atoms with Gasteiger partial charge >= 0.3 is 0 Å². The molecule has 20 heavy (non-hydrogen) atoms. The van der Waals surface area contributed by atoms with Crippen molar-refractivity contribution in [1.82, 2.24) is 0 Å².